The molecule has 1 atom stereocenters. The third-order valence-electron chi connectivity index (χ3n) is 4.21. The van der Waals surface area contributed by atoms with E-state index in [1.807, 2.05) is 0 Å². The van der Waals surface area contributed by atoms with Crippen molar-refractivity contribution in [1.29, 1.82) is 0 Å². The maximum absolute atomic E-state index is 11.6. The van der Waals surface area contributed by atoms with Crippen molar-refractivity contribution in [2.45, 2.75) is 50.5 Å². The highest BCUT2D eigenvalue weighted by Gasteiger charge is 2.36. The highest BCUT2D eigenvalue weighted by Crippen LogP contribution is 2.33. The molecule has 0 bridgehead atoms. The van der Waals surface area contributed by atoms with E-state index in [1.54, 1.807) is 0 Å². The van der Waals surface area contributed by atoms with E-state index in [2.05, 4.69) is 29.6 Å². The average molecular weight is 229 g/mol. The summed E-state index contributed by atoms with van der Waals surface area (Å²) in [5.74, 6) is 0.246. The first-order chi connectivity index (χ1) is 8.27. The van der Waals surface area contributed by atoms with Gasteiger partial charge in [-0.3, -0.25) is 4.79 Å². The van der Waals surface area contributed by atoms with Gasteiger partial charge >= 0.3 is 0 Å². The van der Waals surface area contributed by atoms with Crippen LogP contribution in [0.2, 0.25) is 0 Å². The summed E-state index contributed by atoms with van der Waals surface area (Å²) in [5.41, 5.74) is 2.97. The lowest BCUT2D eigenvalue weighted by atomic mass is 9.81. The number of carbonyl (C=O) groups excluding carboxylic acids is 1. The molecule has 90 valence electrons. The minimum Gasteiger partial charge on any atom is -0.350 e. The van der Waals surface area contributed by atoms with Gasteiger partial charge < -0.3 is 5.32 Å². The Morgan fingerprint density at radius 2 is 1.71 bits per heavy atom. The number of fused-ring (bicyclic) bond motifs is 1. The van der Waals surface area contributed by atoms with Crippen LogP contribution < -0.4 is 5.32 Å². The quantitative estimate of drug-likeness (QED) is 0.728. The van der Waals surface area contributed by atoms with E-state index in [1.165, 1.54) is 17.5 Å². The van der Waals surface area contributed by atoms with Crippen molar-refractivity contribution in [3.63, 3.8) is 0 Å². The molecule has 1 aliphatic carbocycles. The average Bonchev–Trinajstić information content (AvgIpc) is 2.47. The second-order valence-corrected chi connectivity index (χ2v) is 5.48. The summed E-state index contributed by atoms with van der Waals surface area (Å²) in [6.45, 7) is 0. The zero-order chi connectivity index (χ0) is 11.7. The zero-order valence-electron chi connectivity index (χ0n) is 10.2. The predicted molar refractivity (Wildman–Crippen MR) is 67.8 cm³/mol. The standard InChI is InChI=1S/C15H19NO/c17-14-8-4-10-15(16-14)9-3-7-12-5-1-2-6-13(12)11-15/h1-2,5-6H,3-4,7-11H2,(H,16,17). The van der Waals surface area contributed by atoms with Gasteiger partial charge in [-0.05, 0) is 49.7 Å². The molecular formula is C15H19NO. The molecule has 1 spiro atoms. The predicted octanol–water partition coefficient (Wildman–Crippen LogP) is 2.60. The van der Waals surface area contributed by atoms with Crippen molar-refractivity contribution in [2.75, 3.05) is 0 Å². The van der Waals surface area contributed by atoms with E-state index in [0.29, 0.717) is 6.42 Å². The Labute approximate surface area is 102 Å². The summed E-state index contributed by atoms with van der Waals surface area (Å²) in [7, 11) is 0. The maximum atomic E-state index is 11.6. The topological polar surface area (TPSA) is 29.1 Å². The molecule has 1 N–H and O–H groups in total. The number of rotatable bonds is 0. The summed E-state index contributed by atoms with van der Waals surface area (Å²) in [4.78, 5) is 11.6. The van der Waals surface area contributed by atoms with Crippen LogP contribution in [0.5, 0.6) is 0 Å². The van der Waals surface area contributed by atoms with Crippen molar-refractivity contribution in [3.05, 3.63) is 35.4 Å². The van der Waals surface area contributed by atoms with Crippen molar-refractivity contribution in [3.8, 4) is 0 Å². The first-order valence-corrected chi connectivity index (χ1v) is 6.65. The van der Waals surface area contributed by atoms with Gasteiger partial charge in [-0.2, -0.15) is 0 Å². The Kier molecular flexibility index (Phi) is 2.65. The number of benzene rings is 1. The van der Waals surface area contributed by atoms with E-state index < -0.39 is 0 Å². The summed E-state index contributed by atoms with van der Waals surface area (Å²) in [6.07, 6.45) is 7.41. The summed E-state index contributed by atoms with van der Waals surface area (Å²) in [6, 6.07) is 8.70. The smallest absolute Gasteiger partial charge is 0.220 e. The second-order valence-electron chi connectivity index (χ2n) is 5.48. The van der Waals surface area contributed by atoms with Gasteiger partial charge in [-0.1, -0.05) is 24.3 Å². The summed E-state index contributed by atoms with van der Waals surface area (Å²) < 4.78 is 0. The van der Waals surface area contributed by atoms with E-state index in [4.69, 9.17) is 0 Å². The lowest BCUT2D eigenvalue weighted by molar-refractivity contribution is -0.125. The van der Waals surface area contributed by atoms with Crippen molar-refractivity contribution < 1.29 is 4.79 Å². The molecule has 0 saturated carbocycles. The molecule has 1 aromatic rings. The molecule has 1 unspecified atom stereocenters. The molecule has 1 aliphatic heterocycles. The molecule has 17 heavy (non-hydrogen) atoms. The highest BCUT2D eigenvalue weighted by molar-refractivity contribution is 5.77. The van der Waals surface area contributed by atoms with Crippen LogP contribution in [0.4, 0.5) is 0 Å². The molecule has 1 heterocycles. The molecule has 1 fully saturated rings. The molecule has 0 aromatic heterocycles. The van der Waals surface area contributed by atoms with Crippen molar-refractivity contribution in [1.82, 2.24) is 5.32 Å². The van der Waals surface area contributed by atoms with Crippen LogP contribution in [0, 0.1) is 0 Å². The van der Waals surface area contributed by atoms with Crippen LogP contribution in [0.25, 0.3) is 0 Å². The maximum Gasteiger partial charge on any atom is 0.220 e. The van der Waals surface area contributed by atoms with Crippen LogP contribution in [-0.2, 0) is 17.6 Å². The number of piperidine rings is 1. The van der Waals surface area contributed by atoms with E-state index in [9.17, 15) is 4.79 Å². The molecule has 1 saturated heterocycles. The van der Waals surface area contributed by atoms with E-state index in [-0.39, 0.29) is 11.4 Å². The van der Waals surface area contributed by atoms with Gasteiger partial charge in [0.25, 0.3) is 0 Å². The third-order valence-corrected chi connectivity index (χ3v) is 4.21. The molecule has 2 nitrogen and oxygen atoms in total. The van der Waals surface area contributed by atoms with Crippen LogP contribution in [0.15, 0.2) is 24.3 Å². The van der Waals surface area contributed by atoms with Gasteiger partial charge in [0.15, 0.2) is 0 Å². The number of nitrogens with one attached hydrogen (secondary N) is 1. The highest BCUT2D eigenvalue weighted by atomic mass is 16.1. The molecule has 2 aliphatic rings. The third kappa shape index (κ3) is 2.08. The Balaban J connectivity index is 1.91. The van der Waals surface area contributed by atoms with Crippen molar-refractivity contribution >= 4 is 5.91 Å². The van der Waals surface area contributed by atoms with Crippen LogP contribution >= 0.6 is 0 Å². The minimum atomic E-state index is 0.0575. The largest absolute Gasteiger partial charge is 0.350 e. The van der Waals surface area contributed by atoms with E-state index in [0.717, 1.165) is 32.1 Å². The van der Waals surface area contributed by atoms with Gasteiger partial charge in [0.05, 0.1) is 0 Å². The number of carbonyl (C=O) groups is 1. The Bertz CT molecular complexity index is 440. The van der Waals surface area contributed by atoms with Gasteiger partial charge in [-0.25, -0.2) is 0 Å². The Morgan fingerprint density at radius 3 is 2.47 bits per heavy atom. The number of hydrogen-bond acceptors (Lipinski definition) is 1. The van der Waals surface area contributed by atoms with Crippen LogP contribution in [0.3, 0.4) is 0 Å². The normalized spacial score (nSPS) is 28.4. The monoisotopic (exact) mass is 229 g/mol. The van der Waals surface area contributed by atoms with Crippen LogP contribution in [0.1, 0.15) is 43.2 Å². The molecular weight excluding hydrogens is 210 g/mol. The molecule has 3 rings (SSSR count). The van der Waals surface area contributed by atoms with Crippen molar-refractivity contribution in [2.24, 2.45) is 0 Å². The summed E-state index contributed by atoms with van der Waals surface area (Å²) in [5, 5.41) is 3.27. The SMILES string of the molecule is O=C1CCCC2(CCCc3ccccc3C2)N1. The molecule has 1 amide bonds. The van der Waals surface area contributed by atoms with Gasteiger partial charge in [0.2, 0.25) is 5.91 Å². The Morgan fingerprint density at radius 1 is 1.00 bits per heavy atom. The first-order valence-electron chi connectivity index (χ1n) is 6.65. The molecule has 1 aromatic carbocycles. The fourth-order valence-electron chi connectivity index (χ4n) is 3.37. The van der Waals surface area contributed by atoms with Crippen LogP contribution in [-0.4, -0.2) is 11.4 Å². The first kappa shape index (κ1) is 10.8. The molecule has 0 radical (unpaired) electrons. The summed E-state index contributed by atoms with van der Waals surface area (Å²) >= 11 is 0. The number of aryl methyl sites for hydroxylation is 1. The van der Waals surface area contributed by atoms with Gasteiger partial charge in [0, 0.05) is 12.0 Å². The minimum absolute atomic E-state index is 0.0575. The fraction of sp³-hybridized carbons (Fsp3) is 0.533. The zero-order valence-corrected chi connectivity index (χ0v) is 10.2. The van der Waals surface area contributed by atoms with E-state index >= 15 is 0 Å². The fourth-order valence-corrected chi connectivity index (χ4v) is 3.37. The lowest BCUT2D eigenvalue weighted by Gasteiger charge is -2.37. The number of hydrogen-bond donors (Lipinski definition) is 1. The molecule has 2 heteroatoms. The number of amides is 1. The van der Waals surface area contributed by atoms with Gasteiger partial charge in [0.1, 0.15) is 0 Å². The Hall–Kier alpha value is -1.31. The van der Waals surface area contributed by atoms with Gasteiger partial charge in [-0.15, -0.1) is 0 Å². The lowest BCUT2D eigenvalue weighted by Crippen LogP contribution is -2.52. The second kappa shape index (κ2) is 4.17.